The highest BCUT2D eigenvalue weighted by atomic mass is 79.9. The molecule has 1 aliphatic rings. The lowest BCUT2D eigenvalue weighted by atomic mass is 9.79. The summed E-state index contributed by atoms with van der Waals surface area (Å²) in [5, 5.41) is 4.45. The zero-order chi connectivity index (χ0) is 13.5. The first-order chi connectivity index (χ1) is 8.31. The third-order valence-electron chi connectivity index (χ3n) is 4.03. The molecule has 1 atom stereocenters. The zero-order valence-electron chi connectivity index (χ0n) is 11.7. The molecule has 0 saturated carbocycles. The van der Waals surface area contributed by atoms with E-state index in [1.165, 1.54) is 5.69 Å². The van der Waals surface area contributed by atoms with Gasteiger partial charge in [-0.1, -0.05) is 13.8 Å². The number of hydrogen-bond acceptors (Lipinski definition) is 3. The summed E-state index contributed by atoms with van der Waals surface area (Å²) in [6, 6.07) is 0.311. The molecule has 1 aliphatic heterocycles. The lowest BCUT2D eigenvalue weighted by Gasteiger charge is -2.42. The molecule has 1 unspecified atom stereocenters. The lowest BCUT2D eigenvalue weighted by Crippen LogP contribution is -2.52. The van der Waals surface area contributed by atoms with Crippen molar-refractivity contribution < 1.29 is 0 Å². The van der Waals surface area contributed by atoms with Crippen molar-refractivity contribution in [2.24, 2.45) is 18.2 Å². The molecule has 0 spiro atoms. The van der Waals surface area contributed by atoms with Crippen LogP contribution in [0.2, 0.25) is 0 Å². The normalized spacial score (nSPS) is 24.4. The summed E-state index contributed by atoms with van der Waals surface area (Å²) >= 11 is 3.63. The second-order valence-electron chi connectivity index (χ2n) is 6.06. The number of nitrogens with two attached hydrogens (primary N) is 1. The van der Waals surface area contributed by atoms with Gasteiger partial charge in [0.2, 0.25) is 0 Å². The summed E-state index contributed by atoms with van der Waals surface area (Å²) in [7, 11) is 2.01. The van der Waals surface area contributed by atoms with E-state index >= 15 is 0 Å². The van der Waals surface area contributed by atoms with E-state index in [0.29, 0.717) is 6.04 Å². The van der Waals surface area contributed by atoms with Crippen LogP contribution in [0.15, 0.2) is 4.47 Å². The van der Waals surface area contributed by atoms with Crippen molar-refractivity contribution in [3.63, 3.8) is 0 Å². The van der Waals surface area contributed by atoms with Gasteiger partial charge in [-0.2, -0.15) is 5.10 Å². The summed E-state index contributed by atoms with van der Waals surface area (Å²) in [6.45, 7) is 9.60. The SMILES string of the molecule is Cc1nn(C)c(CN2CCC(N)C(C)(C)C2)c1Br. The number of rotatable bonds is 2. The monoisotopic (exact) mass is 314 g/mol. The Hall–Kier alpha value is -0.390. The van der Waals surface area contributed by atoms with Crippen molar-refractivity contribution in [2.75, 3.05) is 13.1 Å². The lowest BCUT2D eigenvalue weighted by molar-refractivity contribution is 0.0878. The maximum Gasteiger partial charge on any atom is 0.0739 e. The van der Waals surface area contributed by atoms with Crippen molar-refractivity contribution in [2.45, 2.75) is 39.8 Å². The fourth-order valence-corrected chi connectivity index (χ4v) is 3.14. The molecule has 2 heterocycles. The number of nitrogens with zero attached hydrogens (tertiary/aromatic N) is 3. The van der Waals surface area contributed by atoms with Crippen molar-refractivity contribution >= 4 is 15.9 Å². The minimum Gasteiger partial charge on any atom is -0.327 e. The van der Waals surface area contributed by atoms with E-state index in [1.54, 1.807) is 0 Å². The van der Waals surface area contributed by atoms with Crippen molar-refractivity contribution in [3.05, 3.63) is 15.9 Å². The molecule has 18 heavy (non-hydrogen) atoms. The van der Waals surface area contributed by atoms with Gasteiger partial charge in [-0.3, -0.25) is 9.58 Å². The summed E-state index contributed by atoms with van der Waals surface area (Å²) < 4.78 is 3.11. The Balaban J connectivity index is 2.11. The van der Waals surface area contributed by atoms with Gasteiger partial charge >= 0.3 is 0 Å². The molecule has 1 fully saturated rings. The molecule has 2 rings (SSSR count). The topological polar surface area (TPSA) is 47.1 Å². The van der Waals surface area contributed by atoms with Gasteiger partial charge in [0.05, 0.1) is 15.9 Å². The van der Waals surface area contributed by atoms with Gasteiger partial charge in [-0.05, 0) is 34.7 Å². The second kappa shape index (κ2) is 4.94. The van der Waals surface area contributed by atoms with E-state index in [4.69, 9.17) is 5.73 Å². The van der Waals surface area contributed by atoms with Crippen LogP contribution in [-0.2, 0) is 13.6 Å². The van der Waals surface area contributed by atoms with Crippen LogP contribution in [0.25, 0.3) is 0 Å². The third kappa shape index (κ3) is 2.63. The maximum absolute atomic E-state index is 6.18. The van der Waals surface area contributed by atoms with E-state index in [0.717, 1.165) is 36.2 Å². The maximum atomic E-state index is 6.18. The van der Waals surface area contributed by atoms with E-state index in [-0.39, 0.29) is 5.41 Å². The highest BCUT2D eigenvalue weighted by Crippen LogP contribution is 2.30. The van der Waals surface area contributed by atoms with Crippen molar-refractivity contribution in [3.8, 4) is 0 Å². The Labute approximate surface area is 118 Å². The molecule has 5 heteroatoms. The number of hydrogen-bond donors (Lipinski definition) is 1. The van der Waals surface area contributed by atoms with Gasteiger partial charge < -0.3 is 5.73 Å². The van der Waals surface area contributed by atoms with Crippen LogP contribution in [-0.4, -0.2) is 33.8 Å². The highest BCUT2D eigenvalue weighted by molar-refractivity contribution is 9.10. The molecule has 4 nitrogen and oxygen atoms in total. The van der Waals surface area contributed by atoms with Gasteiger partial charge in [0.1, 0.15) is 0 Å². The average Bonchev–Trinajstić information content (AvgIpc) is 2.50. The van der Waals surface area contributed by atoms with Gasteiger partial charge in [0.25, 0.3) is 0 Å². The second-order valence-corrected chi connectivity index (χ2v) is 6.86. The number of likely N-dealkylation sites (tertiary alicyclic amines) is 1. The molecule has 0 aliphatic carbocycles. The van der Waals surface area contributed by atoms with Crippen LogP contribution in [0, 0.1) is 12.3 Å². The molecule has 0 amide bonds. The zero-order valence-corrected chi connectivity index (χ0v) is 13.3. The van der Waals surface area contributed by atoms with E-state index in [1.807, 2.05) is 18.7 Å². The number of aryl methyl sites for hydroxylation is 2. The van der Waals surface area contributed by atoms with Crippen LogP contribution < -0.4 is 5.73 Å². The first-order valence-electron chi connectivity index (χ1n) is 6.47. The average molecular weight is 315 g/mol. The van der Waals surface area contributed by atoms with Gasteiger partial charge in [-0.15, -0.1) is 0 Å². The molecule has 1 aromatic heterocycles. The highest BCUT2D eigenvalue weighted by Gasteiger charge is 2.33. The minimum absolute atomic E-state index is 0.193. The predicted octanol–water partition coefficient (Wildman–Crippen LogP) is 2.05. The number of aromatic nitrogens is 2. The molecule has 0 aromatic carbocycles. The Morgan fingerprint density at radius 2 is 2.17 bits per heavy atom. The number of halogens is 1. The minimum atomic E-state index is 0.193. The van der Waals surface area contributed by atoms with Gasteiger partial charge in [0.15, 0.2) is 0 Å². The Morgan fingerprint density at radius 1 is 1.50 bits per heavy atom. The quantitative estimate of drug-likeness (QED) is 0.909. The predicted molar refractivity (Wildman–Crippen MR) is 77.3 cm³/mol. The molecule has 0 radical (unpaired) electrons. The van der Waals surface area contributed by atoms with Crippen LogP contribution in [0.3, 0.4) is 0 Å². The van der Waals surface area contributed by atoms with E-state index in [9.17, 15) is 0 Å². The molecule has 1 aromatic rings. The van der Waals surface area contributed by atoms with E-state index < -0.39 is 0 Å². The van der Waals surface area contributed by atoms with Crippen molar-refractivity contribution in [1.29, 1.82) is 0 Å². The first kappa shape index (κ1) is 14.0. The molecular weight excluding hydrogens is 292 g/mol. The molecule has 1 saturated heterocycles. The van der Waals surface area contributed by atoms with E-state index in [2.05, 4.69) is 39.8 Å². The third-order valence-corrected chi connectivity index (χ3v) is 5.06. The fraction of sp³-hybridized carbons (Fsp3) is 0.769. The fourth-order valence-electron chi connectivity index (χ4n) is 2.68. The Bertz CT molecular complexity index is 438. The standard InChI is InChI=1S/C13H23BrN4/c1-9-12(14)10(17(4)16-9)7-18-6-5-11(15)13(2,3)8-18/h11H,5-8,15H2,1-4H3. The summed E-state index contributed by atoms with van der Waals surface area (Å²) in [6.07, 6.45) is 1.07. The molecule has 102 valence electrons. The summed E-state index contributed by atoms with van der Waals surface area (Å²) in [5.74, 6) is 0. The van der Waals surface area contributed by atoms with Gasteiger partial charge in [-0.25, -0.2) is 0 Å². The smallest absolute Gasteiger partial charge is 0.0739 e. The number of piperidine rings is 1. The first-order valence-corrected chi connectivity index (χ1v) is 7.26. The van der Waals surface area contributed by atoms with Crippen LogP contribution >= 0.6 is 15.9 Å². The molecule has 2 N–H and O–H groups in total. The molecule has 0 bridgehead atoms. The van der Waals surface area contributed by atoms with Gasteiger partial charge in [0, 0.05) is 32.7 Å². The Morgan fingerprint density at radius 3 is 2.67 bits per heavy atom. The largest absolute Gasteiger partial charge is 0.327 e. The van der Waals surface area contributed by atoms with Crippen LogP contribution in [0.5, 0.6) is 0 Å². The molecular formula is C13H23BrN4. The summed E-state index contributed by atoms with van der Waals surface area (Å²) in [4.78, 5) is 2.48. The van der Waals surface area contributed by atoms with Crippen LogP contribution in [0.4, 0.5) is 0 Å². The van der Waals surface area contributed by atoms with Crippen molar-refractivity contribution in [1.82, 2.24) is 14.7 Å². The summed E-state index contributed by atoms with van der Waals surface area (Å²) in [5.41, 5.74) is 8.68. The Kier molecular flexibility index (Phi) is 3.85. The van der Waals surface area contributed by atoms with Crippen LogP contribution in [0.1, 0.15) is 31.7 Å².